The zero-order valence-electron chi connectivity index (χ0n) is 9.11. The van der Waals surface area contributed by atoms with Crippen molar-refractivity contribution >= 4 is 24.4 Å². The molecule has 84 valence electrons. The summed E-state index contributed by atoms with van der Waals surface area (Å²) in [5, 5.41) is 0. The van der Waals surface area contributed by atoms with E-state index in [1.807, 2.05) is 6.07 Å². The van der Waals surface area contributed by atoms with E-state index in [-0.39, 0.29) is 5.82 Å². The fraction of sp³-hybridized carbons (Fsp3) is 0.500. The molecule has 1 rings (SSSR count). The van der Waals surface area contributed by atoms with Gasteiger partial charge in [-0.1, -0.05) is 19.9 Å². The number of thioether (sulfide) groups is 1. The fourth-order valence-electron chi connectivity index (χ4n) is 1.22. The first kappa shape index (κ1) is 12.9. The van der Waals surface area contributed by atoms with Crippen LogP contribution in [0.15, 0.2) is 29.2 Å². The largest absolute Gasteiger partial charge is 0.207 e. The molecule has 0 aliphatic carbocycles. The minimum atomic E-state index is -0.160. The number of benzene rings is 1. The molecule has 0 N–H and O–H groups in total. The van der Waals surface area contributed by atoms with Crippen molar-refractivity contribution < 1.29 is 4.39 Å². The first-order valence-electron chi connectivity index (χ1n) is 5.12. The van der Waals surface area contributed by atoms with Crippen LogP contribution in [0, 0.1) is 17.7 Å². The van der Waals surface area contributed by atoms with Gasteiger partial charge in [0.05, 0.1) is 0 Å². The lowest BCUT2D eigenvalue weighted by Gasteiger charge is -2.17. The lowest BCUT2D eigenvalue weighted by molar-refractivity contribution is 0.473. The number of halogens is 1. The Kier molecular flexibility index (Phi) is 5.54. The average molecular weight is 244 g/mol. The molecule has 0 bridgehead atoms. The summed E-state index contributed by atoms with van der Waals surface area (Å²) in [6.45, 7) is 4.40. The van der Waals surface area contributed by atoms with Gasteiger partial charge in [-0.05, 0) is 35.8 Å². The topological polar surface area (TPSA) is 0 Å². The zero-order valence-corrected chi connectivity index (χ0v) is 10.8. The van der Waals surface area contributed by atoms with Gasteiger partial charge >= 0.3 is 0 Å². The molecule has 0 aliphatic heterocycles. The lowest BCUT2D eigenvalue weighted by atomic mass is 10.0. The SMILES string of the molecule is CC(C)C(CS)CSc1cccc(F)c1. The second-order valence-corrected chi connectivity index (χ2v) is 5.41. The molecule has 1 atom stereocenters. The van der Waals surface area contributed by atoms with Crippen LogP contribution in [0.1, 0.15) is 13.8 Å². The van der Waals surface area contributed by atoms with Crippen molar-refractivity contribution in [2.45, 2.75) is 18.7 Å². The molecule has 0 amide bonds. The van der Waals surface area contributed by atoms with Crippen LogP contribution in [0.4, 0.5) is 4.39 Å². The highest BCUT2D eigenvalue weighted by atomic mass is 32.2. The molecule has 1 aromatic rings. The summed E-state index contributed by atoms with van der Waals surface area (Å²) < 4.78 is 12.9. The van der Waals surface area contributed by atoms with Gasteiger partial charge in [-0.15, -0.1) is 11.8 Å². The van der Waals surface area contributed by atoms with E-state index in [2.05, 4.69) is 26.5 Å². The Labute approximate surface area is 101 Å². The Bertz CT molecular complexity index is 299. The van der Waals surface area contributed by atoms with Crippen molar-refractivity contribution in [2.75, 3.05) is 11.5 Å². The van der Waals surface area contributed by atoms with Crippen molar-refractivity contribution in [1.29, 1.82) is 0 Å². The second kappa shape index (κ2) is 6.44. The molecule has 1 aromatic carbocycles. The molecule has 0 aromatic heterocycles. The van der Waals surface area contributed by atoms with Crippen molar-refractivity contribution in [2.24, 2.45) is 11.8 Å². The van der Waals surface area contributed by atoms with Gasteiger partial charge in [0.2, 0.25) is 0 Å². The summed E-state index contributed by atoms with van der Waals surface area (Å²) in [5.41, 5.74) is 0. The Balaban J connectivity index is 2.49. The maximum absolute atomic E-state index is 12.9. The van der Waals surface area contributed by atoms with Gasteiger partial charge in [0.15, 0.2) is 0 Å². The van der Waals surface area contributed by atoms with E-state index in [0.717, 1.165) is 16.4 Å². The lowest BCUT2D eigenvalue weighted by Crippen LogP contribution is -2.13. The third-order valence-electron chi connectivity index (χ3n) is 2.44. The summed E-state index contributed by atoms with van der Waals surface area (Å²) in [5.74, 6) is 2.95. The molecule has 0 radical (unpaired) electrons. The van der Waals surface area contributed by atoms with Gasteiger partial charge in [-0.25, -0.2) is 4.39 Å². The highest BCUT2D eigenvalue weighted by Gasteiger charge is 2.11. The maximum atomic E-state index is 12.9. The van der Waals surface area contributed by atoms with Crippen molar-refractivity contribution in [3.05, 3.63) is 30.1 Å². The second-order valence-electron chi connectivity index (χ2n) is 3.96. The number of hydrogen-bond donors (Lipinski definition) is 1. The third kappa shape index (κ3) is 4.47. The molecular formula is C12H17FS2. The Morgan fingerprint density at radius 1 is 1.40 bits per heavy atom. The van der Waals surface area contributed by atoms with E-state index < -0.39 is 0 Å². The first-order chi connectivity index (χ1) is 7.13. The van der Waals surface area contributed by atoms with Crippen molar-refractivity contribution in [3.8, 4) is 0 Å². The highest BCUT2D eigenvalue weighted by molar-refractivity contribution is 7.99. The molecule has 0 saturated heterocycles. The van der Waals surface area contributed by atoms with E-state index in [4.69, 9.17) is 0 Å². The first-order valence-corrected chi connectivity index (χ1v) is 6.74. The summed E-state index contributed by atoms with van der Waals surface area (Å²) in [6, 6.07) is 6.76. The minimum absolute atomic E-state index is 0.160. The van der Waals surface area contributed by atoms with E-state index in [0.29, 0.717) is 11.8 Å². The smallest absolute Gasteiger partial charge is 0.124 e. The van der Waals surface area contributed by atoms with Crippen LogP contribution in [-0.4, -0.2) is 11.5 Å². The van der Waals surface area contributed by atoms with E-state index in [9.17, 15) is 4.39 Å². The Hall–Kier alpha value is -0.150. The average Bonchev–Trinajstić information content (AvgIpc) is 2.18. The van der Waals surface area contributed by atoms with E-state index in [1.165, 1.54) is 6.07 Å². The normalized spacial score (nSPS) is 13.1. The molecular weight excluding hydrogens is 227 g/mol. The van der Waals surface area contributed by atoms with Crippen LogP contribution < -0.4 is 0 Å². The van der Waals surface area contributed by atoms with Gasteiger partial charge < -0.3 is 0 Å². The molecule has 0 saturated carbocycles. The molecule has 0 heterocycles. The quantitative estimate of drug-likeness (QED) is 0.600. The van der Waals surface area contributed by atoms with Crippen LogP contribution in [0.3, 0.4) is 0 Å². The van der Waals surface area contributed by atoms with E-state index >= 15 is 0 Å². The van der Waals surface area contributed by atoms with Gasteiger partial charge in [-0.2, -0.15) is 12.6 Å². The summed E-state index contributed by atoms with van der Waals surface area (Å²) >= 11 is 6.04. The van der Waals surface area contributed by atoms with Crippen molar-refractivity contribution in [3.63, 3.8) is 0 Å². The summed E-state index contributed by atoms with van der Waals surface area (Å²) in [4.78, 5) is 1.00. The Morgan fingerprint density at radius 3 is 2.67 bits per heavy atom. The standard InChI is InChI=1S/C12H17FS2/c1-9(2)10(7-14)8-15-12-5-3-4-11(13)6-12/h3-6,9-10,14H,7-8H2,1-2H3. The summed E-state index contributed by atoms with van der Waals surface area (Å²) in [6.07, 6.45) is 0. The Morgan fingerprint density at radius 2 is 2.13 bits per heavy atom. The molecule has 1 unspecified atom stereocenters. The van der Waals surface area contributed by atoms with Crippen LogP contribution in [-0.2, 0) is 0 Å². The molecule has 0 nitrogen and oxygen atoms in total. The highest BCUT2D eigenvalue weighted by Crippen LogP contribution is 2.25. The van der Waals surface area contributed by atoms with Crippen molar-refractivity contribution in [1.82, 2.24) is 0 Å². The van der Waals surface area contributed by atoms with Gasteiger partial charge in [0.1, 0.15) is 5.82 Å². The molecule has 0 fully saturated rings. The minimum Gasteiger partial charge on any atom is -0.207 e. The van der Waals surface area contributed by atoms with Crippen LogP contribution >= 0.6 is 24.4 Å². The summed E-state index contributed by atoms with van der Waals surface area (Å²) in [7, 11) is 0. The van der Waals surface area contributed by atoms with Crippen LogP contribution in [0.25, 0.3) is 0 Å². The maximum Gasteiger partial charge on any atom is 0.124 e. The predicted molar refractivity (Wildman–Crippen MR) is 69.3 cm³/mol. The van der Waals surface area contributed by atoms with Gasteiger partial charge in [0.25, 0.3) is 0 Å². The number of rotatable bonds is 5. The molecule has 0 aliphatic rings. The van der Waals surface area contributed by atoms with Crippen LogP contribution in [0.5, 0.6) is 0 Å². The number of thiol groups is 1. The van der Waals surface area contributed by atoms with Crippen LogP contribution in [0.2, 0.25) is 0 Å². The predicted octanol–water partition coefficient (Wildman–Crippen LogP) is 4.12. The molecule has 3 heteroatoms. The van der Waals surface area contributed by atoms with E-state index in [1.54, 1.807) is 23.9 Å². The molecule has 0 spiro atoms. The molecule has 15 heavy (non-hydrogen) atoms. The third-order valence-corrected chi connectivity index (χ3v) is 4.09. The van der Waals surface area contributed by atoms with Gasteiger partial charge in [-0.3, -0.25) is 0 Å². The number of hydrogen-bond acceptors (Lipinski definition) is 2. The monoisotopic (exact) mass is 244 g/mol. The van der Waals surface area contributed by atoms with Gasteiger partial charge in [0, 0.05) is 10.6 Å². The fourth-order valence-corrected chi connectivity index (χ4v) is 3.22. The zero-order chi connectivity index (χ0) is 11.3.